The Morgan fingerprint density at radius 3 is 2.58 bits per heavy atom. The van der Waals surface area contributed by atoms with Gasteiger partial charge in [-0.05, 0) is 30.7 Å². The molecule has 100 valence electrons. The van der Waals surface area contributed by atoms with Gasteiger partial charge < -0.3 is 15.7 Å². The van der Waals surface area contributed by atoms with Gasteiger partial charge >= 0.3 is 0 Å². The highest BCUT2D eigenvalue weighted by atomic mass is 79.9. The maximum absolute atomic E-state index is 8.73. The zero-order valence-electron chi connectivity index (χ0n) is 10.3. The number of aromatic nitrogens is 2. The van der Waals surface area contributed by atoms with E-state index in [2.05, 4.69) is 36.5 Å². The fraction of sp³-hybridized carbons (Fsp3) is 0.231. The highest BCUT2D eigenvalue weighted by Crippen LogP contribution is 2.18. The molecule has 0 saturated carbocycles. The third kappa shape index (κ3) is 4.50. The average molecular weight is 323 g/mol. The van der Waals surface area contributed by atoms with E-state index in [1.807, 2.05) is 30.3 Å². The molecule has 1 aromatic carbocycles. The summed E-state index contributed by atoms with van der Waals surface area (Å²) in [4.78, 5) is 8.28. The Morgan fingerprint density at radius 1 is 1.11 bits per heavy atom. The maximum Gasteiger partial charge on any atom is 0.135 e. The van der Waals surface area contributed by atoms with E-state index in [0.29, 0.717) is 13.0 Å². The van der Waals surface area contributed by atoms with Crippen LogP contribution in [0.4, 0.5) is 17.3 Å². The normalized spacial score (nSPS) is 10.2. The molecule has 1 aromatic heterocycles. The van der Waals surface area contributed by atoms with Crippen molar-refractivity contribution in [2.45, 2.75) is 6.42 Å². The number of aliphatic hydroxyl groups is 1. The van der Waals surface area contributed by atoms with Crippen LogP contribution >= 0.6 is 15.9 Å². The van der Waals surface area contributed by atoms with Crippen molar-refractivity contribution in [3.63, 3.8) is 0 Å². The molecule has 0 fully saturated rings. The van der Waals surface area contributed by atoms with Crippen molar-refractivity contribution in [2.75, 3.05) is 23.8 Å². The molecule has 19 heavy (non-hydrogen) atoms. The second-order valence-electron chi connectivity index (χ2n) is 3.92. The van der Waals surface area contributed by atoms with Crippen molar-refractivity contribution in [2.24, 2.45) is 0 Å². The fourth-order valence-electron chi connectivity index (χ4n) is 1.50. The van der Waals surface area contributed by atoms with E-state index in [4.69, 9.17) is 5.11 Å². The highest BCUT2D eigenvalue weighted by Gasteiger charge is 1.99. The lowest BCUT2D eigenvalue weighted by atomic mass is 10.3. The van der Waals surface area contributed by atoms with Crippen LogP contribution < -0.4 is 10.6 Å². The maximum atomic E-state index is 8.73. The van der Waals surface area contributed by atoms with Crippen molar-refractivity contribution < 1.29 is 5.11 Å². The molecule has 0 saturated heterocycles. The lowest BCUT2D eigenvalue weighted by molar-refractivity contribution is 0.292. The van der Waals surface area contributed by atoms with Crippen molar-refractivity contribution in [1.82, 2.24) is 9.97 Å². The van der Waals surface area contributed by atoms with Gasteiger partial charge in [-0.1, -0.05) is 15.9 Å². The first kappa shape index (κ1) is 13.8. The minimum atomic E-state index is 0.169. The zero-order chi connectivity index (χ0) is 13.5. The number of halogens is 1. The first-order valence-electron chi connectivity index (χ1n) is 5.97. The van der Waals surface area contributed by atoms with Gasteiger partial charge in [-0.15, -0.1) is 0 Å². The molecular weight excluding hydrogens is 308 g/mol. The molecule has 2 aromatic rings. The number of rotatable bonds is 6. The second-order valence-corrected chi connectivity index (χ2v) is 4.84. The predicted octanol–water partition coefficient (Wildman–Crippen LogP) is 2.78. The fourth-order valence-corrected chi connectivity index (χ4v) is 1.76. The van der Waals surface area contributed by atoms with Gasteiger partial charge in [0.2, 0.25) is 0 Å². The van der Waals surface area contributed by atoms with Gasteiger partial charge in [0, 0.05) is 29.4 Å². The van der Waals surface area contributed by atoms with Gasteiger partial charge in [0.1, 0.15) is 18.0 Å². The van der Waals surface area contributed by atoms with E-state index >= 15 is 0 Å². The third-order valence-electron chi connectivity index (χ3n) is 2.42. The van der Waals surface area contributed by atoms with Crippen LogP contribution in [0, 0.1) is 0 Å². The molecule has 0 aliphatic heterocycles. The van der Waals surface area contributed by atoms with Crippen LogP contribution in [0.5, 0.6) is 0 Å². The molecule has 6 heteroatoms. The van der Waals surface area contributed by atoms with Gasteiger partial charge in [-0.3, -0.25) is 0 Å². The van der Waals surface area contributed by atoms with Crippen LogP contribution in [0.3, 0.4) is 0 Å². The van der Waals surface area contributed by atoms with Crippen molar-refractivity contribution in [3.8, 4) is 0 Å². The Balaban J connectivity index is 2.00. The standard InChI is InChI=1S/C13H15BrN4O/c14-10-2-4-11(5-3-10)18-13-8-12(16-9-17-13)15-6-1-7-19/h2-5,8-9,19H,1,6-7H2,(H2,15,16,17,18). The molecule has 1 heterocycles. The van der Waals surface area contributed by atoms with E-state index in [-0.39, 0.29) is 6.61 Å². The van der Waals surface area contributed by atoms with E-state index in [0.717, 1.165) is 21.8 Å². The van der Waals surface area contributed by atoms with Crippen LogP contribution in [0.25, 0.3) is 0 Å². The summed E-state index contributed by atoms with van der Waals surface area (Å²) in [6.07, 6.45) is 2.20. The van der Waals surface area contributed by atoms with Crippen LogP contribution in [0.1, 0.15) is 6.42 Å². The summed E-state index contributed by atoms with van der Waals surface area (Å²) in [5, 5.41) is 15.1. The van der Waals surface area contributed by atoms with E-state index in [1.165, 1.54) is 6.33 Å². The van der Waals surface area contributed by atoms with E-state index < -0.39 is 0 Å². The molecule has 0 spiro atoms. The summed E-state index contributed by atoms with van der Waals surface area (Å²) in [6, 6.07) is 9.68. The van der Waals surface area contributed by atoms with Crippen LogP contribution in [0.15, 0.2) is 41.1 Å². The monoisotopic (exact) mass is 322 g/mol. The second kappa shape index (κ2) is 7.06. The molecular formula is C13H15BrN4O. The summed E-state index contributed by atoms with van der Waals surface area (Å²) < 4.78 is 1.03. The Labute approximate surface area is 120 Å². The molecule has 0 bridgehead atoms. The number of hydrogen-bond donors (Lipinski definition) is 3. The Hall–Kier alpha value is -1.66. The largest absolute Gasteiger partial charge is 0.396 e. The molecule has 3 N–H and O–H groups in total. The number of aliphatic hydroxyl groups excluding tert-OH is 1. The van der Waals surface area contributed by atoms with Crippen molar-refractivity contribution in [1.29, 1.82) is 0 Å². The van der Waals surface area contributed by atoms with Gasteiger partial charge in [-0.25, -0.2) is 9.97 Å². The van der Waals surface area contributed by atoms with Gasteiger partial charge in [0.05, 0.1) is 0 Å². The molecule has 0 atom stereocenters. The molecule has 5 nitrogen and oxygen atoms in total. The number of benzene rings is 1. The van der Waals surface area contributed by atoms with Gasteiger partial charge in [0.15, 0.2) is 0 Å². The van der Waals surface area contributed by atoms with E-state index in [1.54, 1.807) is 0 Å². The molecule has 0 radical (unpaired) electrons. The predicted molar refractivity (Wildman–Crippen MR) is 79.6 cm³/mol. The molecule has 0 unspecified atom stereocenters. The minimum Gasteiger partial charge on any atom is -0.396 e. The summed E-state index contributed by atoms with van der Waals surface area (Å²) >= 11 is 3.39. The minimum absolute atomic E-state index is 0.169. The smallest absolute Gasteiger partial charge is 0.135 e. The van der Waals surface area contributed by atoms with E-state index in [9.17, 15) is 0 Å². The number of nitrogens with zero attached hydrogens (tertiary/aromatic N) is 2. The Bertz CT molecular complexity index is 518. The summed E-state index contributed by atoms with van der Waals surface area (Å²) in [5.41, 5.74) is 0.961. The average Bonchev–Trinajstić information content (AvgIpc) is 2.42. The van der Waals surface area contributed by atoms with Crippen molar-refractivity contribution in [3.05, 3.63) is 41.1 Å². The SMILES string of the molecule is OCCCNc1cc(Nc2ccc(Br)cc2)ncn1. The number of nitrogens with one attached hydrogen (secondary N) is 2. The summed E-state index contributed by atoms with van der Waals surface area (Å²) in [5.74, 6) is 1.46. The van der Waals surface area contributed by atoms with Gasteiger partial charge in [-0.2, -0.15) is 0 Å². The highest BCUT2D eigenvalue weighted by molar-refractivity contribution is 9.10. The molecule has 0 amide bonds. The van der Waals surface area contributed by atoms with Gasteiger partial charge in [0.25, 0.3) is 0 Å². The third-order valence-corrected chi connectivity index (χ3v) is 2.95. The van der Waals surface area contributed by atoms with Crippen LogP contribution in [0.2, 0.25) is 0 Å². The first-order chi connectivity index (χ1) is 9.28. The first-order valence-corrected chi connectivity index (χ1v) is 6.76. The quantitative estimate of drug-likeness (QED) is 0.713. The van der Waals surface area contributed by atoms with Crippen LogP contribution in [-0.4, -0.2) is 28.2 Å². The van der Waals surface area contributed by atoms with Crippen LogP contribution in [-0.2, 0) is 0 Å². The Morgan fingerprint density at radius 2 is 1.84 bits per heavy atom. The summed E-state index contributed by atoms with van der Waals surface area (Å²) in [7, 11) is 0. The molecule has 0 aliphatic carbocycles. The number of hydrogen-bond acceptors (Lipinski definition) is 5. The number of anilines is 3. The molecule has 0 aliphatic rings. The summed E-state index contributed by atoms with van der Waals surface area (Å²) in [6.45, 7) is 0.854. The van der Waals surface area contributed by atoms with Crippen molar-refractivity contribution >= 4 is 33.3 Å². The lowest BCUT2D eigenvalue weighted by Gasteiger charge is -2.08. The molecule has 2 rings (SSSR count). The lowest BCUT2D eigenvalue weighted by Crippen LogP contribution is -2.06. The topological polar surface area (TPSA) is 70.1 Å². The Kier molecular flexibility index (Phi) is 5.11. The zero-order valence-corrected chi connectivity index (χ0v) is 11.9.